The third kappa shape index (κ3) is 3.22. The van der Waals surface area contributed by atoms with Crippen LogP contribution in [0, 0.1) is 0 Å². The summed E-state index contributed by atoms with van der Waals surface area (Å²) in [6.07, 6.45) is 13.6. The van der Waals surface area contributed by atoms with E-state index in [4.69, 9.17) is 0 Å². The van der Waals surface area contributed by atoms with Crippen molar-refractivity contribution < 1.29 is 0 Å². The molecule has 2 heterocycles. The van der Waals surface area contributed by atoms with Crippen molar-refractivity contribution in [2.45, 2.75) is 45.4 Å². The molecule has 0 atom stereocenters. The normalized spacial score (nSPS) is 13.8. The molecule has 1 aromatic rings. The molecule has 0 spiro atoms. The van der Waals surface area contributed by atoms with E-state index in [-0.39, 0.29) is 0 Å². The van der Waals surface area contributed by atoms with E-state index in [0.29, 0.717) is 0 Å². The van der Waals surface area contributed by atoms with Crippen molar-refractivity contribution in [1.82, 2.24) is 4.98 Å². The molecule has 0 saturated carbocycles. The Labute approximate surface area is 110 Å². The van der Waals surface area contributed by atoms with Gasteiger partial charge in [0.05, 0.1) is 0 Å². The number of anilines is 1. The SMILES string of the molecule is C=C1C=C(CCCCCCC)Nc2ccncc21. The van der Waals surface area contributed by atoms with Crippen molar-refractivity contribution in [3.8, 4) is 0 Å². The number of hydrogen-bond acceptors (Lipinski definition) is 2. The third-order valence-corrected chi connectivity index (χ3v) is 3.36. The van der Waals surface area contributed by atoms with Gasteiger partial charge in [0, 0.05) is 29.3 Å². The van der Waals surface area contributed by atoms with Crippen molar-refractivity contribution in [3.63, 3.8) is 0 Å². The van der Waals surface area contributed by atoms with Crippen LogP contribution >= 0.6 is 0 Å². The predicted octanol–water partition coefficient (Wildman–Crippen LogP) is 4.76. The molecule has 96 valence electrons. The maximum atomic E-state index is 4.14. The molecular formula is C16H22N2. The van der Waals surface area contributed by atoms with Crippen molar-refractivity contribution >= 4 is 11.3 Å². The predicted molar refractivity (Wildman–Crippen MR) is 78.4 cm³/mol. The van der Waals surface area contributed by atoms with Gasteiger partial charge in [0.25, 0.3) is 0 Å². The molecule has 2 rings (SSSR count). The smallest absolute Gasteiger partial charge is 0.0492 e. The van der Waals surface area contributed by atoms with E-state index >= 15 is 0 Å². The molecule has 0 aromatic carbocycles. The zero-order valence-corrected chi connectivity index (χ0v) is 11.2. The molecule has 1 aliphatic rings. The maximum absolute atomic E-state index is 4.14. The summed E-state index contributed by atoms with van der Waals surface area (Å²) < 4.78 is 0. The number of unbranched alkanes of at least 4 members (excludes halogenated alkanes) is 4. The maximum Gasteiger partial charge on any atom is 0.0492 e. The van der Waals surface area contributed by atoms with Crippen LogP contribution in [-0.2, 0) is 0 Å². The van der Waals surface area contributed by atoms with E-state index in [0.717, 1.165) is 23.2 Å². The molecule has 18 heavy (non-hydrogen) atoms. The Morgan fingerprint density at radius 3 is 2.89 bits per heavy atom. The fourth-order valence-corrected chi connectivity index (χ4v) is 2.31. The fourth-order valence-electron chi connectivity index (χ4n) is 2.31. The number of hydrogen-bond donors (Lipinski definition) is 1. The van der Waals surface area contributed by atoms with Crippen LogP contribution in [0.3, 0.4) is 0 Å². The lowest BCUT2D eigenvalue weighted by molar-refractivity contribution is 0.631. The summed E-state index contributed by atoms with van der Waals surface area (Å²) in [6.45, 7) is 6.36. The van der Waals surface area contributed by atoms with Crippen molar-refractivity contribution in [1.29, 1.82) is 0 Å². The Hall–Kier alpha value is -1.57. The number of nitrogens with zero attached hydrogens (tertiary/aromatic N) is 1. The number of allylic oxidation sites excluding steroid dienone is 3. The molecule has 0 radical (unpaired) electrons. The van der Waals surface area contributed by atoms with Gasteiger partial charge in [0.1, 0.15) is 0 Å². The van der Waals surface area contributed by atoms with Crippen molar-refractivity contribution in [3.05, 3.63) is 42.4 Å². The highest BCUT2D eigenvalue weighted by molar-refractivity contribution is 5.84. The molecular weight excluding hydrogens is 220 g/mol. The zero-order valence-electron chi connectivity index (χ0n) is 11.2. The van der Waals surface area contributed by atoms with E-state index in [9.17, 15) is 0 Å². The van der Waals surface area contributed by atoms with Gasteiger partial charge in [-0.2, -0.15) is 0 Å². The van der Waals surface area contributed by atoms with Gasteiger partial charge < -0.3 is 5.32 Å². The first-order chi connectivity index (χ1) is 8.81. The fraction of sp³-hybridized carbons (Fsp3) is 0.438. The van der Waals surface area contributed by atoms with Gasteiger partial charge >= 0.3 is 0 Å². The van der Waals surface area contributed by atoms with Gasteiger partial charge in [-0.05, 0) is 30.6 Å². The van der Waals surface area contributed by atoms with Gasteiger partial charge in [-0.1, -0.05) is 39.2 Å². The number of fused-ring (bicyclic) bond motifs is 1. The quantitative estimate of drug-likeness (QED) is 0.727. The summed E-state index contributed by atoms with van der Waals surface area (Å²) in [5, 5.41) is 3.48. The van der Waals surface area contributed by atoms with E-state index in [1.54, 1.807) is 0 Å². The van der Waals surface area contributed by atoms with Gasteiger partial charge in [0.2, 0.25) is 0 Å². The minimum absolute atomic E-state index is 1.07. The summed E-state index contributed by atoms with van der Waals surface area (Å²) in [7, 11) is 0. The highest BCUT2D eigenvalue weighted by Crippen LogP contribution is 2.30. The minimum atomic E-state index is 1.07. The Morgan fingerprint density at radius 2 is 2.06 bits per heavy atom. The average Bonchev–Trinajstić information content (AvgIpc) is 2.39. The third-order valence-electron chi connectivity index (χ3n) is 3.36. The summed E-state index contributed by atoms with van der Waals surface area (Å²) in [5.41, 5.74) is 4.61. The molecule has 0 saturated heterocycles. The van der Waals surface area contributed by atoms with Crippen molar-refractivity contribution in [2.75, 3.05) is 5.32 Å². The zero-order chi connectivity index (χ0) is 12.8. The van der Waals surface area contributed by atoms with Gasteiger partial charge in [0.15, 0.2) is 0 Å². The minimum Gasteiger partial charge on any atom is -0.358 e. The molecule has 0 aliphatic carbocycles. The number of pyridine rings is 1. The first kappa shape index (κ1) is 12.9. The molecule has 0 unspecified atom stereocenters. The lowest BCUT2D eigenvalue weighted by atomic mass is 10.00. The lowest BCUT2D eigenvalue weighted by Gasteiger charge is -2.20. The summed E-state index contributed by atoms with van der Waals surface area (Å²) in [4.78, 5) is 4.14. The monoisotopic (exact) mass is 242 g/mol. The van der Waals surface area contributed by atoms with Crippen LogP contribution in [0.25, 0.3) is 5.57 Å². The highest BCUT2D eigenvalue weighted by Gasteiger charge is 2.12. The number of aromatic nitrogens is 1. The van der Waals surface area contributed by atoms with Crippen LogP contribution in [0.5, 0.6) is 0 Å². The first-order valence-electron chi connectivity index (χ1n) is 6.92. The van der Waals surface area contributed by atoms with Crippen LogP contribution in [0.4, 0.5) is 5.69 Å². The summed E-state index contributed by atoms with van der Waals surface area (Å²) in [6, 6.07) is 2.02. The van der Waals surface area contributed by atoms with E-state index < -0.39 is 0 Å². The highest BCUT2D eigenvalue weighted by atomic mass is 14.9. The Balaban J connectivity index is 1.87. The molecule has 1 N–H and O–H groups in total. The summed E-state index contributed by atoms with van der Waals surface area (Å²) >= 11 is 0. The number of rotatable bonds is 6. The molecule has 0 amide bonds. The average molecular weight is 242 g/mol. The number of nitrogens with one attached hydrogen (secondary N) is 1. The van der Waals surface area contributed by atoms with Crippen molar-refractivity contribution in [2.24, 2.45) is 0 Å². The van der Waals surface area contributed by atoms with E-state index in [1.807, 2.05) is 18.5 Å². The molecule has 2 nitrogen and oxygen atoms in total. The Kier molecular flexibility index (Phi) is 4.57. The van der Waals surface area contributed by atoms with E-state index in [1.165, 1.54) is 37.8 Å². The topological polar surface area (TPSA) is 24.9 Å². The van der Waals surface area contributed by atoms with Gasteiger partial charge in [-0.15, -0.1) is 0 Å². The molecule has 1 aliphatic heterocycles. The first-order valence-corrected chi connectivity index (χ1v) is 6.92. The second-order valence-electron chi connectivity index (χ2n) is 4.91. The lowest BCUT2D eigenvalue weighted by Crippen LogP contribution is -2.07. The Morgan fingerprint density at radius 1 is 1.22 bits per heavy atom. The van der Waals surface area contributed by atoms with Gasteiger partial charge in [-0.25, -0.2) is 0 Å². The van der Waals surface area contributed by atoms with Crippen LogP contribution in [0.2, 0.25) is 0 Å². The molecule has 2 heteroatoms. The molecule has 1 aromatic heterocycles. The molecule has 0 bridgehead atoms. The second kappa shape index (κ2) is 6.39. The Bertz CT molecular complexity index is 446. The van der Waals surface area contributed by atoms with Crippen LogP contribution in [0.15, 0.2) is 36.8 Å². The van der Waals surface area contributed by atoms with Crippen LogP contribution in [0.1, 0.15) is 51.0 Å². The van der Waals surface area contributed by atoms with Crippen LogP contribution < -0.4 is 5.32 Å². The van der Waals surface area contributed by atoms with Gasteiger partial charge in [-0.3, -0.25) is 4.98 Å². The van der Waals surface area contributed by atoms with Crippen LogP contribution in [-0.4, -0.2) is 4.98 Å². The summed E-state index contributed by atoms with van der Waals surface area (Å²) in [5.74, 6) is 0. The molecule has 0 fully saturated rings. The standard InChI is InChI=1S/C16H22N2/c1-3-4-5-6-7-8-14-11-13(2)15-12-17-10-9-16(15)18-14/h9-12,18H,2-8H2,1H3. The van der Waals surface area contributed by atoms with E-state index in [2.05, 4.69) is 29.9 Å². The second-order valence-corrected chi connectivity index (χ2v) is 4.91. The largest absolute Gasteiger partial charge is 0.358 e.